The smallest absolute Gasteiger partial charge is 0.292 e. The molecule has 0 bridgehead atoms. The Labute approximate surface area is 70.3 Å². The standard InChI is InChI=1S/C5H11NO5S/c1-4(7)6-3-2-5(8)12(9,10)11/h5,8H,2-3H2,1H3,(H,6,7)(H,9,10,11). The molecule has 0 aliphatic rings. The van der Waals surface area contributed by atoms with E-state index in [0.717, 1.165) is 0 Å². The summed E-state index contributed by atoms with van der Waals surface area (Å²) in [5, 5.41) is 11.0. The molecule has 1 atom stereocenters. The molecule has 0 aromatic rings. The minimum Gasteiger partial charge on any atom is -0.375 e. The van der Waals surface area contributed by atoms with Crippen LogP contribution in [0.15, 0.2) is 0 Å². The van der Waals surface area contributed by atoms with Gasteiger partial charge < -0.3 is 10.4 Å². The number of hydrogen-bond acceptors (Lipinski definition) is 4. The fourth-order valence-corrected chi connectivity index (χ4v) is 0.936. The molecule has 0 saturated heterocycles. The second kappa shape index (κ2) is 4.39. The van der Waals surface area contributed by atoms with Crippen LogP contribution in [0.1, 0.15) is 13.3 Å². The quantitative estimate of drug-likeness (QED) is 0.487. The molecular weight excluding hydrogens is 186 g/mol. The maximum atomic E-state index is 10.3. The van der Waals surface area contributed by atoms with Gasteiger partial charge in [-0.1, -0.05) is 0 Å². The number of rotatable bonds is 4. The molecule has 0 rings (SSSR count). The lowest BCUT2D eigenvalue weighted by molar-refractivity contribution is -0.119. The molecule has 0 aliphatic heterocycles. The van der Waals surface area contributed by atoms with Crippen molar-refractivity contribution in [1.29, 1.82) is 0 Å². The topological polar surface area (TPSA) is 104 Å². The van der Waals surface area contributed by atoms with Crippen LogP contribution >= 0.6 is 0 Å². The number of carbonyl (C=O) groups is 1. The van der Waals surface area contributed by atoms with Crippen LogP contribution in [0.2, 0.25) is 0 Å². The second-order valence-electron chi connectivity index (χ2n) is 2.24. The van der Waals surface area contributed by atoms with Gasteiger partial charge >= 0.3 is 0 Å². The lowest BCUT2D eigenvalue weighted by atomic mass is 10.4. The Kier molecular flexibility index (Phi) is 4.15. The molecule has 0 saturated carbocycles. The molecule has 0 aromatic heterocycles. The van der Waals surface area contributed by atoms with Crippen molar-refractivity contribution in [3.63, 3.8) is 0 Å². The number of nitrogens with one attached hydrogen (secondary N) is 1. The maximum Gasteiger partial charge on any atom is 0.292 e. The van der Waals surface area contributed by atoms with E-state index in [1.807, 2.05) is 0 Å². The number of aliphatic hydroxyl groups excluding tert-OH is 1. The van der Waals surface area contributed by atoms with Crippen LogP contribution in [0.5, 0.6) is 0 Å². The third-order valence-electron chi connectivity index (χ3n) is 1.11. The number of aliphatic hydroxyl groups is 1. The molecule has 0 aliphatic carbocycles. The van der Waals surface area contributed by atoms with Gasteiger partial charge in [0.25, 0.3) is 10.1 Å². The van der Waals surface area contributed by atoms with E-state index in [9.17, 15) is 13.2 Å². The van der Waals surface area contributed by atoms with Crippen LogP contribution in [0.25, 0.3) is 0 Å². The Morgan fingerprint density at radius 1 is 1.58 bits per heavy atom. The first-order chi connectivity index (χ1) is 5.34. The summed E-state index contributed by atoms with van der Waals surface area (Å²) in [7, 11) is -4.40. The van der Waals surface area contributed by atoms with Gasteiger partial charge in [-0.3, -0.25) is 9.35 Å². The van der Waals surface area contributed by atoms with Gasteiger partial charge in [-0.25, -0.2) is 0 Å². The first-order valence-electron chi connectivity index (χ1n) is 3.23. The van der Waals surface area contributed by atoms with E-state index in [2.05, 4.69) is 5.32 Å². The van der Waals surface area contributed by atoms with Crippen molar-refractivity contribution in [3.8, 4) is 0 Å². The van der Waals surface area contributed by atoms with Crippen LogP contribution in [-0.4, -0.2) is 36.0 Å². The lowest BCUT2D eigenvalue weighted by Gasteiger charge is -2.06. The highest BCUT2D eigenvalue weighted by Crippen LogP contribution is 1.97. The van der Waals surface area contributed by atoms with Gasteiger partial charge in [-0.15, -0.1) is 0 Å². The van der Waals surface area contributed by atoms with Crippen LogP contribution in [0.3, 0.4) is 0 Å². The van der Waals surface area contributed by atoms with Gasteiger partial charge in [0.1, 0.15) is 0 Å². The summed E-state index contributed by atoms with van der Waals surface area (Å²) in [4.78, 5) is 10.3. The molecule has 6 nitrogen and oxygen atoms in total. The van der Waals surface area contributed by atoms with Crippen LogP contribution in [0, 0.1) is 0 Å². The predicted octanol–water partition coefficient (Wildman–Crippen LogP) is -1.28. The summed E-state index contributed by atoms with van der Waals surface area (Å²) in [6.07, 6.45) is -0.224. The first kappa shape index (κ1) is 11.3. The third-order valence-corrected chi connectivity index (χ3v) is 2.03. The molecule has 0 spiro atoms. The zero-order chi connectivity index (χ0) is 9.78. The summed E-state index contributed by atoms with van der Waals surface area (Å²) in [5.41, 5.74) is -1.83. The average Bonchev–Trinajstić information content (AvgIpc) is 1.84. The summed E-state index contributed by atoms with van der Waals surface area (Å²) in [5.74, 6) is -0.322. The van der Waals surface area contributed by atoms with E-state index >= 15 is 0 Å². The van der Waals surface area contributed by atoms with E-state index in [0.29, 0.717) is 0 Å². The summed E-state index contributed by atoms with van der Waals surface area (Å²) in [6.45, 7) is 1.27. The number of carbonyl (C=O) groups excluding carboxylic acids is 1. The Morgan fingerprint density at radius 2 is 2.08 bits per heavy atom. The average molecular weight is 197 g/mol. The molecule has 0 aromatic carbocycles. The van der Waals surface area contributed by atoms with E-state index in [-0.39, 0.29) is 18.9 Å². The van der Waals surface area contributed by atoms with Crippen molar-refractivity contribution < 1.29 is 22.9 Å². The van der Waals surface area contributed by atoms with Gasteiger partial charge in [0.2, 0.25) is 5.91 Å². The zero-order valence-electron chi connectivity index (χ0n) is 6.52. The van der Waals surface area contributed by atoms with Gasteiger partial charge in [0, 0.05) is 19.9 Å². The van der Waals surface area contributed by atoms with E-state index in [4.69, 9.17) is 9.66 Å². The second-order valence-corrected chi connectivity index (χ2v) is 3.82. The minimum atomic E-state index is -4.40. The molecule has 1 unspecified atom stereocenters. The summed E-state index contributed by atoms with van der Waals surface area (Å²) >= 11 is 0. The Balaban J connectivity index is 3.73. The Bertz CT molecular complexity index is 247. The third kappa shape index (κ3) is 5.05. The summed E-state index contributed by atoms with van der Waals surface area (Å²) < 4.78 is 28.7. The molecule has 0 fully saturated rings. The fourth-order valence-electron chi connectivity index (χ4n) is 0.521. The minimum absolute atomic E-state index is 0.0102. The zero-order valence-corrected chi connectivity index (χ0v) is 7.34. The van der Waals surface area contributed by atoms with Crippen molar-refractivity contribution >= 4 is 16.0 Å². The molecule has 72 valence electrons. The van der Waals surface area contributed by atoms with E-state index < -0.39 is 15.6 Å². The van der Waals surface area contributed by atoms with Gasteiger partial charge in [-0.05, 0) is 0 Å². The normalized spacial score (nSPS) is 13.9. The maximum absolute atomic E-state index is 10.3. The molecule has 0 heterocycles. The first-order valence-corrected chi connectivity index (χ1v) is 4.73. The van der Waals surface area contributed by atoms with E-state index in [1.165, 1.54) is 6.92 Å². The molecular formula is C5H11NO5S. The van der Waals surface area contributed by atoms with Crippen LogP contribution < -0.4 is 5.32 Å². The molecule has 0 radical (unpaired) electrons. The SMILES string of the molecule is CC(=O)NCCC(O)S(=O)(=O)O. The van der Waals surface area contributed by atoms with Crippen molar-refractivity contribution in [1.82, 2.24) is 5.32 Å². The van der Waals surface area contributed by atoms with Crippen LogP contribution in [0.4, 0.5) is 0 Å². The Morgan fingerprint density at radius 3 is 2.42 bits per heavy atom. The van der Waals surface area contributed by atoms with Crippen molar-refractivity contribution in [3.05, 3.63) is 0 Å². The van der Waals surface area contributed by atoms with Crippen molar-refractivity contribution in [2.45, 2.75) is 18.8 Å². The number of amides is 1. The van der Waals surface area contributed by atoms with E-state index in [1.54, 1.807) is 0 Å². The largest absolute Gasteiger partial charge is 0.375 e. The Hall–Kier alpha value is -0.660. The van der Waals surface area contributed by atoms with Crippen molar-refractivity contribution in [2.75, 3.05) is 6.54 Å². The van der Waals surface area contributed by atoms with Gasteiger partial charge in [-0.2, -0.15) is 8.42 Å². The molecule has 7 heteroatoms. The van der Waals surface area contributed by atoms with Crippen LogP contribution in [-0.2, 0) is 14.9 Å². The molecule has 3 N–H and O–H groups in total. The monoisotopic (exact) mass is 197 g/mol. The highest BCUT2D eigenvalue weighted by molar-refractivity contribution is 7.86. The fraction of sp³-hybridized carbons (Fsp3) is 0.800. The molecule has 12 heavy (non-hydrogen) atoms. The number of hydrogen-bond donors (Lipinski definition) is 3. The predicted molar refractivity (Wildman–Crippen MR) is 40.9 cm³/mol. The molecule has 1 amide bonds. The highest BCUT2D eigenvalue weighted by Gasteiger charge is 2.18. The lowest BCUT2D eigenvalue weighted by Crippen LogP contribution is -2.28. The van der Waals surface area contributed by atoms with Gasteiger partial charge in [0.05, 0.1) is 0 Å². The van der Waals surface area contributed by atoms with Crippen molar-refractivity contribution in [2.24, 2.45) is 0 Å². The summed E-state index contributed by atoms with van der Waals surface area (Å²) in [6, 6.07) is 0. The highest BCUT2D eigenvalue weighted by atomic mass is 32.2. The van der Waals surface area contributed by atoms with Gasteiger partial charge in [0.15, 0.2) is 5.44 Å².